The van der Waals surface area contributed by atoms with Gasteiger partial charge in [0.2, 0.25) is 21.8 Å². The summed E-state index contributed by atoms with van der Waals surface area (Å²) in [5, 5.41) is 9.30. The number of carbonyl (C=O) groups is 4. The first-order valence-corrected chi connectivity index (χ1v) is 20.8. The van der Waals surface area contributed by atoms with Gasteiger partial charge < -0.3 is 25.1 Å². The van der Waals surface area contributed by atoms with Crippen molar-refractivity contribution >= 4 is 40.1 Å². The monoisotopic (exact) mass is 759 g/mol. The second-order valence-electron chi connectivity index (χ2n) is 15.2. The van der Waals surface area contributed by atoms with E-state index in [-0.39, 0.29) is 25.5 Å². The van der Waals surface area contributed by atoms with Crippen molar-refractivity contribution in [2.24, 2.45) is 11.1 Å². The summed E-state index contributed by atoms with van der Waals surface area (Å²) >= 11 is 0. The van der Waals surface area contributed by atoms with Crippen molar-refractivity contribution in [1.29, 1.82) is 0 Å². The number of benzene rings is 2. The molecule has 2 aromatic rings. The molecular weight excluding hydrogens is 711 g/mol. The van der Waals surface area contributed by atoms with E-state index in [9.17, 15) is 27.6 Å². The Kier molecular flexibility index (Phi) is 11.4. The Balaban J connectivity index is 1.11. The van der Waals surface area contributed by atoms with E-state index in [1.54, 1.807) is 6.21 Å². The Morgan fingerprint density at radius 1 is 0.907 bits per heavy atom. The minimum Gasteiger partial charge on any atom is -0.446 e. The Morgan fingerprint density at radius 3 is 2.44 bits per heavy atom. The van der Waals surface area contributed by atoms with Gasteiger partial charge in [-0.2, -0.15) is 0 Å². The van der Waals surface area contributed by atoms with Crippen LogP contribution in [0.25, 0.3) is 11.1 Å². The maximum absolute atomic E-state index is 14.4. The molecule has 4 amide bonds. The molecule has 13 nitrogen and oxygen atoms in total. The van der Waals surface area contributed by atoms with Gasteiger partial charge in [0.05, 0.1) is 18.0 Å². The molecule has 0 spiro atoms. The highest BCUT2D eigenvalue weighted by molar-refractivity contribution is 7.91. The van der Waals surface area contributed by atoms with Crippen LogP contribution < -0.4 is 15.4 Å². The molecule has 14 heteroatoms. The minimum atomic E-state index is -3.87. The summed E-state index contributed by atoms with van der Waals surface area (Å²) in [5.74, 6) is -2.25. The lowest BCUT2D eigenvalue weighted by atomic mass is 10.0. The molecule has 3 saturated carbocycles. The second kappa shape index (κ2) is 16.3. The third kappa shape index (κ3) is 8.97. The van der Waals surface area contributed by atoms with E-state index in [4.69, 9.17) is 9.57 Å². The third-order valence-electron chi connectivity index (χ3n) is 11.1. The van der Waals surface area contributed by atoms with Crippen LogP contribution in [0.15, 0.2) is 71.9 Å². The smallest absolute Gasteiger partial charge is 0.408 e. The molecule has 5 atom stereocenters. The van der Waals surface area contributed by atoms with Crippen molar-refractivity contribution in [2.45, 2.75) is 119 Å². The van der Waals surface area contributed by atoms with Gasteiger partial charge in [0.15, 0.2) is 0 Å². The molecule has 3 N–H and O–H groups in total. The number of oxime groups is 1. The summed E-state index contributed by atoms with van der Waals surface area (Å²) in [6, 6.07) is 15.7. The predicted molar refractivity (Wildman–Crippen MR) is 201 cm³/mol. The van der Waals surface area contributed by atoms with Crippen LogP contribution >= 0.6 is 0 Å². The van der Waals surface area contributed by atoms with Gasteiger partial charge in [-0.15, -0.1) is 0 Å². The van der Waals surface area contributed by atoms with Crippen molar-refractivity contribution in [3.05, 3.63) is 72.3 Å². The fraction of sp³-hybridized carbons (Fsp3) is 0.525. The number of rotatable bonds is 9. The first-order valence-electron chi connectivity index (χ1n) is 19.3. The number of hydrogen-bond acceptors (Lipinski definition) is 9. The van der Waals surface area contributed by atoms with E-state index < -0.39 is 68.7 Å². The van der Waals surface area contributed by atoms with Crippen LogP contribution in [0.4, 0.5) is 4.79 Å². The molecule has 288 valence electrons. The van der Waals surface area contributed by atoms with Crippen LogP contribution in [0.5, 0.6) is 0 Å². The number of fused-ring (bicyclic) bond motifs is 2. The molecule has 5 aliphatic rings. The van der Waals surface area contributed by atoms with Crippen molar-refractivity contribution < 1.29 is 37.2 Å². The Morgan fingerprint density at radius 2 is 1.67 bits per heavy atom. The molecule has 7 rings (SSSR count). The number of ether oxygens (including phenoxy) is 1. The van der Waals surface area contributed by atoms with Crippen LogP contribution in [0.2, 0.25) is 0 Å². The summed E-state index contributed by atoms with van der Waals surface area (Å²) in [4.78, 5) is 62.6. The highest BCUT2D eigenvalue weighted by atomic mass is 32.2. The van der Waals surface area contributed by atoms with Crippen LogP contribution in [0.3, 0.4) is 0 Å². The van der Waals surface area contributed by atoms with Crippen LogP contribution in [0, 0.1) is 5.92 Å². The fourth-order valence-corrected chi connectivity index (χ4v) is 9.14. The Hall–Kier alpha value is -4.72. The lowest BCUT2D eigenvalue weighted by molar-refractivity contribution is -0.141. The van der Waals surface area contributed by atoms with Crippen molar-refractivity contribution in [1.82, 2.24) is 20.3 Å². The normalized spacial score (nSPS) is 28.6. The third-order valence-corrected chi connectivity index (χ3v) is 12.9. The van der Waals surface area contributed by atoms with E-state index in [0.717, 1.165) is 55.2 Å². The number of allylic oxidation sites excluding steroid dienone is 1. The fourth-order valence-electron chi connectivity index (χ4n) is 7.78. The molecule has 1 saturated heterocycles. The average Bonchev–Trinajstić information content (AvgIpc) is 4.04. The first-order chi connectivity index (χ1) is 26.1. The highest BCUT2D eigenvalue weighted by Gasteiger charge is 2.62. The van der Waals surface area contributed by atoms with E-state index in [1.807, 2.05) is 66.7 Å². The van der Waals surface area contributed by atoms with Gasteiger partial charge in [0.25, 0.3) is 5.91 Å². The first kappa shape index (κ1) is 37.6. The highest BCUT2D eigenvalue weighted by Crippen LogP contribution is 2.46. The van der Waals surface area contributed by atoms with E-state index in [0.29, 0.717) is 32.1 Å². The SMILES string of the molecule is O=C(N[C@H]1CCCCC/C=C\[C@@H]2C[C@]2(C(=O)NS(=O)(=O)C2CC2)NC(=O)[C@@H]2C[C@@H](O/N=C/c3cccc(-c4ccccc4)c3)CN2C1=O)OC1CCCC1. The van der Waals surface area contributed by atoms with Crippen LogP contribution in [0.1, 0.15) is 89.0 Å². The van der Waals surface area contributed by atoms with Crippen molar-refractivity contribution in [3.8, 4) is 11.1 Å². The zero-order chi connectivity index (χ0) is 37.7. The summed E-state index contributed by atoms with van der Waals surface area (Å²) in [6.45, 7) is 0.00670. The van der Waals surface area contributed by atoms with Crippen LogP contribution in [-0.4, -0.2) is 85.0 Å². The molecule has 0 unspecified atom stereocenters. The topological polar surface area (TPSA) is 173 Å². The average molecular weight is 760 g/mol. The predicted octanol–water partition coefficient (Wildman–Crippen LogP) is 4.71. The van der Waals surface area contributed by atoms with E-state index in [2.05, 4.69) is 20.5 Å². The van der Waals surface area contributed by atoms with Crippen molar-refractivity contribution in [2.75, 3.05) is 6.54 Å². The van der Waals surface area contributed by atoms with Gasteiger partial charge >= 0.3 is 6.09 Å². The quantitative estimate of drug-likeness (QED) is 0.187. The van der Waals surface area contributed by atoms with Crippen molar-refractivity contribution in [3.63, 3.8) is 0 Å². The summed E-state index contributed by atoms with van der Waals surface area (Å²) in [5.41, 5.74) is 1.38. The number of alkyl carbamates (subject to hydrolysis) is 1. The molecule has 2 aliphatic heterocycles. The van der Waals surface area contributed by atoms with Gasteiger partial charge in [0.1, 0.15) is 29.8 Å². The van der Waals surface area contributed by atoms with Gasteiger partial charge in [-0.3, -0.25) is 19.1 Å². The Labute approximate surface area is 316 Å². The Bertz CT molecular complexity index is 1880. The molecule has 3 aliphatic carbocycles. The van der Waals surface area contributed by atoms with Gasteiger partial charge in [-0.25, -0.2) is 13.2 Å². The molecule has 0 bridgehead atoms. The molecule has 0 radical (unpaired) electrons. The summed E-state index contributed by atoms with van der Waals surface area (Å²) < 4.78 is 33.5. The number of nitrogens with zero attached hydrogens (tertiary/aromatic N) is 2. The van der Waals surface area contributed by atoms with E-state index >= 15 is 0 Å². The lowest BCUT2D eigenvalue weighted by Gasteiger charge is -2.30. The number of nitrogens with one attached hydrogen (secondary N) is 3. The summed E-state index contributed by atoms with van der Waals surface area (Å²) in [7, 11) is -3.87. The zero-order valence-corrected chi connectivity index (χ0v) is 31.2. The molecule has 2 heterocycles. The van der Waals surface area contributed by atoms with Gasteiger partial charge in [-0.05, 0) is 87.0 Å². The second-order valence-corrected chi connectivity index (χ2v) is 17.2. The van der Waals surface area contributed by atoms with E-state index in [1.165, 1.54) is 4.90 Å². The standard InChI is InChI=1S/C40H49N5O8S/c46-36-35-23-32(53-41-25-27-12-11-15-29(22-27)28-13-5-4-6-14-28)26-45(35)37(47)34(42-39(49)52-31-17-9-10-18-31)19-8-3-1-2-7-16-30-24-40(30,43-36)38(48)44-54(50,51)33-20-21-33/h4-7,11-16,22,25,30-35H,1-3,8-10,17-21,23-24,26H2,(H,42,49)(H,43,46)(H,44,48)/b16-7-,41-25+/t30-,32-,34+,35+,40+/m1/s1. The van der Waals surface area contributed by atoms with Crippen LogP contribution in [-0.2, 0) is 34.0 Å². The number of amides is 4. The van der Waals surface area contributed by atoms with Gasteiger partial charge in [-0.1, -0.05) is 78.7 Å². The minimum absolute atomic E-state index is 0.00670. The summed E-state index contributed by atoms with van der Waals surface area (Å²) in [6.07, 6.45) is 12.0. The largest absolute Gasteiger partial charge is 0.446 e. The molecular formula is C40H49N5O8S. The molecule has 0 aromatic heterocycles. The number of carbonyl (C=O) groups excluding carboxylic acids is 4. The molecule has 54 heavy (non-hydrogen) atoms. The zero-order valence-electron chi connectivity index (χ0n) is 30.4. The number of sulfonamides is 1. The molecule has 2 aromatic carbocycles. The lowest BCUT2D eigenvalue weighted by Crippen LogP contribution is -2.58. The molecule has 4 fully saturated rings. The maximum Gasteiger partial charge on any atom is 0.408 e. The van der Waals surface area contributed by atoms with Gasteiger partial charge in [0, 0.05) is 12.3 Å². The maximum atomic E-state index is 14.4. The number of hydrogen-bond donors (Lipinski definition) is 3.